The van der Waals surface area contributed by atoms with Gasteiger partial charge in [0.25, 0.3) is 0 Å². The monoisotopic (exact) mass is 479 g/mol. The van der Waals surface area contributed by atoms with E-state index in [0.717, 1.165) is 30.4 Å². The molecule has 7 nitrogen and oxygen atoms in total. The van der Waals surface area contributed by atoms with Crippen molar-refractivity contribution in [3.63, 3.8) is 0 Å². The van der Waals surface area contributed by atoms with Crippen molar-refractivity contribution >= 4 is 39.0 Å². The highest BCUT2D eigenvalue weighted by molar-refractivity contribution is 7.92. The Morgan fingerprint density at radius 2 is 1.97 bits per heavy atom. The molecule has 0 radical (unpaired) electrons. The topological polar surface area (TPSA) is 103 Å². The first-order valence-corrected chi connectivity index (χ1v) is 12.5. The highest BCUT2D eigenvalue weighted by atomic mass is 35.5. The molecule has 1 aliphatic rings. The second-order valence-corrected chi connectivity index (χ2v) is 9.81. The van der Waals surface area contributed by atoms with E-state index in [2.05, 4.69) is 27.2 Å². The van der Waals surface area contributed by atoms with E-state index < -0.39 is 16.1 Å². The van der Waals surface area contributed by atoms with E-state index in [0.29, 0.717) is 30.9 Å². The van der Waals surface area contributed by atoms with Crippen LogP contribution in [0, 0.1) is 0 Å². The Labute approximate surface area is 195 Å². The molecule has 1 heterocycles. The molecule has 0 aliphatic heterocycles. The molecule has 0 spiro atoms. The van der Waals surface area contributed by atoms with Gasteiger partial charge in [0.05, 0.1) is 12.4 Å². The first-order chi connectivity index (χ1) is 14.9. The summed E-state index contributed by atoms with van der Waals surface area (Å²) in [5, 5.41) is 14.9. The van der Waals surface area contributed by atoms with E-state index in [4.69, 9.17) is 4.74 Å². The van der Waals surface area contributed by atoms with Crippen molar-refractivity contribution in [1.82, 2.24) is 10.3 Å². The lowest BCUT2D eigenvalue weighted by Crippen LogP contribution is -2.26. The predicted octanol–water partition coefficient (Wildman–Crippen LogP) is 3.54. The molecule has 1 aromatic heterocycles. The van der Waals surface area contributed by atoms with Crippen molar-refractivity contribution in [3.8, 4) is 5.75 Å². The van der Waals surface area contributed by atoms with Crippen LogP contribution in [0.4, 0.5) is 5.69 Å². The maximum absolute atomic E-state index is 11.4. The van der Waals surface area contributed by atoms with Crippen molar-refractivity contribution in [1.29, 1.82) is 0 Å². The average molecular weight is 480 g/mol. The van der Waals surface area contributed by atoms with E-state index in [1.807, 2.05) is 6.07 Å². The molecule has 2 aromatic carbocycles. The molecule has 0 amide bonds. The van der Waals surface area contributed by atoms with Gasteiger partial charge < -0.3 is 20.1 Å². The number of hydrogen-bond donors (Lipinski definition) is 4. The van der Waals surface area contributed by atoms with Crippen LogP contribution < -0.4 is 14.8 Å². The summed E-state index contributed by atoms with van der Waals surface area (Å²) >= 11 is 0. The highest BCUT2D eigenvalue weighted by Crippen LogP contribution is 2.31. The molecule has 174 valence electrons. The number of rotatable bonds is 9. The third kappa shape index (κ3) is 6.16. The summed E-state index contributed by atoms with van der Waals surface area (Å²) in [6, 6.07) is 13.0. The van der Waals surface area contributed by atoms with Crippen molar-refractivity contribution in [2.24, 2.45) is 0 Å². The van der Waals surface area contributed by atoms with Gasteiger partial charge in [-0.1, -0.05) is 12.1 Å². The normalized spacial score (nSPS) is 14.4. The largest absolute Gasteiger partial charge is 0.492 e. The van der Waals surface area contributed by atoms with Gasteiger partial charge in [-0.05, 0) is 61.1 Å². The SMILES string of the molecule is CS(=O)(=O)Nc1cccc(C(O)CNCCOc2ccc3c4c([nH]c3c2)CCCC4)c1.Cl. The van der Waals surface area contributed by atoms with Crippen LogP contribution in [0.5, 0.6) is 5.75 Å². The minimum atomic E-state index is -3.35. The van der Waals surface area contributed by atoms with Gasteiger partial charge in [-0.2, -0.15) is 0 Å². The molecule has 9 heteroatoms. The van der Waals surface area contributed by atoms with Gasteiger partial charge in [0.2, 0.25) is 10.0 Å². The van der Waals surface area contributed by atoms with Gasteiger partial charge in [0.15, 0.2) is 0 Å². The molecular weight excluding hydrogens is 450 g/mol. The molecule has 0 fully saturated rings. The van der Waals surface area contributed by atoms with Gasteiger partial charge in [-0.3, -0.25) is 4.72 Å². The standard InChI is InChI=1S/C23H29N3O4S.ClH/c1-31(28,29)26-17-6-4-5-16(13-17)23(27)15-24-11-12-30-18-9-10-20-19-7-2-3-8-21(19)25-22(20)14-18;/h4-6,9-10,13-14,23-27H,2-3,7-8,11-12,15H2,1H3;1H. The molecular formula is C23H30ClN3O4S. The van der Waals surface area contributed by atoms with E-state index in [-0.39, 0.29) is 12.4 Å². The summed E-state index contributed by atoms with van der Waals surface area (Å²) in [7, 11) is -3.35. The van der Waals surface area contributed by atoms with Crippen molar-refractivity contribution in [2.45, 2.75) is 31.8 Å². The van der Waals surface area contributed by atoms with Gasteiger partial charge in [-0.25, -0.2) is 8.42 Å². The van der Waals surface area contributed by atoms with Crippen molar-refractivity contribution in [2.75, 3.05) is 30.7 Å². The third-order valence-corrected chi connectivity index (χ3v) is 6.14. The Balaban J connectivity index is 0.00000289. The zero-order valence-electron chi connectivity index (χ0n) is 18.1. The minimum Gasteiger partial charge on any atom is -0.492 e. The molecule has 1 aliphatic carbocycles. The number of benzene rings is 2. The molecule has 0 saturated carbocycles. The molecule has 0 saturated heterocycles. The number of aromatic amines is 1. The number of aliphatic hydroxyl groups is 1. The number of hydrogen-bond acceptors (Lipinski definition) is 5. The summed E-state index contributed by atoms with van der Waals surface area (Å²) < 4.78 is 31.0. The van der Waals surface area contributed by atoms with E-state index in [1.54, 1.807) is 24.3 Å². The molecule has 1 atom stereocenters. The smallest absolute Gasteiger partial charge is 0.229 e. The Morgan fingerprint density at radius 1 is 1.16 bits per heavy atom. The van der Waals surface area contributed by atoms with Gasteiger partial charge in [0.1, 0.15) is 12.4 Å². The van der Waals surface area contributed by atoms with Crippen LogP contribution in [0.3, 0.4) is 0 Å². The summed E-state index contributed by atoms with van der Waals surface area (Å²) in [6.07, 6.45) is 5.13. The van der Waals surface area contributed by atoms with Crippen molar-refractivity contribution in [3.05, 3.63) is 59.3 Å². The van der Waals surface area contributed by atoms with E-state index in [1.165, 1.54) is 29.5 Å². The molecule has 4 rings (SSSR count). The number of nitrogens with one attached hydrogen (secondary N) is 3. The fourth-order valence-corrected chi connectivity index (χ4v) is 4.66. The maximum Gasteiger partial charge on any atom is 0.229 e. The number of sulfonamides is 1. The van der Waals surface area contributed by atoms with Crippen LogP contribution in [0.1, 0.15) is 35.8 Å². The first kappa shape index (κ1) is 24.4. The maximum atomic E-state index is 11.4. The number of halogens is 1. The van der Waals surface area contributed by atoms with Crippen LogP contribution >= 0.6 is 12.4 Å². The Bertz CT molecular complexity index is 1160. The Kier molecular flexibility index (Phi) is 8.05. The third-order valence-electron chi connectivity index (χ3n) is 5.53. The zero-order valence-corrected chi connectivity index (χ0v) is 19.7. The number of fused-ring (bicyclic) bond motifs is 3. The fourth-order valence-electron chi connectivity index (χ4n) is 4.10. The summed E-state index contributed by atoms with van der Waals surface area (Å²) in [5.74, 6) is 0.827. The first-order valence-electron chi connectivity index (χ1n) is 10.6. The van der Waals surface area contributed by atoms with Crippen LogP contribution in [0.2, 0.25) is 0 Å². The number of aromatic nitrogens is 1. The second-order valence-electron chi connectivity index (χ2n) is 8.06. The number of aliphatic hydroxyl groups excluding tert-OH is 1. The molecule has 3 aromatic rings. The van der Waals surface area contributed by atoms with Crippen LogP contribution in [0.25, 0.3) is 10.9 Å². The number of H-pyrrole nitrogens is 1. The summed E-state index contributed by atoms with van der Waals surface area (Å²) in [4.78, 5) is 3.54. The van der Waals surface area contributed by atoms with Gasteiger partial charge in [-0.15, -0.1) is 12.4 Å². The van der Waals surface area contributed by atoms with Crippen LogP contribution in [-0.4, -0.2) is 44.5 Å². The molecule has 32 heavy (non-hydrogen) atoms. The summed E-state index contributed by atoms with van der Waals surface area (Å²) in [6.45, 7) is 1.40. The Morgan fingerprint density at radius 3 is 2.78 bits per heavy atom. The molecule has 4 N–H and O–H groups in total. The van der Waals surface area contributed by atoms with E-state index in [9.17, 15) is 13.5 Å². The quantitative estimate of drug-likeness (QED) is 0.351. The van der Waals surface area contributed by atoms with Crippen molar-refractivity contribution < 1.29 is 18.3 Å². The average Bonchev–Trinajstić information content (AvgIpc) is 3.10. The predicted molar refractivity (Wildman–Crippen MR) is 130 cm³/mol. The highest BCUT2D eigenvalue weighted by Gasteiger charge is 2.15. The second kappa shape index (κ2) is 10.6. The number of aryl methyl sites for hydroxylation is 2. The molecule has 0 bridgehead atoms. The van der Waals surface area contributed by atoms with Crippen LogP contribution in [-0.2, 0) is 22.9 Å². The van der Waals surface area contributed by atoms with Gasteiger partial charge >= 0.3 is 0 Å². The van der Waals surface area contributed by atoms with Gasteiger partial charge in [0, 0.05) is 41.4 Å². The minimum absolute atomic E-state index is 0. The molecule has 1 unspecified atom stereocenters. The number of ether oxygens (including phenoxy) is 1. The number of anilines is 1. The zero-order chi connectivity index (χ0) is 21.8. The lowest BCUT2D eigenvalue weighted by Gasteiger charge is -2.14. The Hall–Kier alpha value is -2.26. The van der Waals surface area contributed by atoms with E-state index >= 15 is 0 Å². The fraction of sp³-hybridized carbons (Fsp3) is 0.391. The lowest BCUT2D eigenvalue weighted by molar-refractivity contribution is 0.172. The van der Waals surface area contributed by atoms with Crippen LogP contribution in [0.15, 0.2) is 42.5 Å². The summed E-state index contributed by atoms with van der Waals surface area (Å²) in [5.41, 5.74) is 5.03. The lowest BCUT2D eigenvalue weighted by atomic mass is 9.96.